The highest BCUT2D eigenvalue weighted by atomic mass is 16.6. The second-order valence-corrected chi connectivity index (χ2v) is 9.84. The molecular formula is C30H32N4O5. The minimum absolute atomic E-state index is 0.0861. The van der Waals surface area contributed by atoms with Crippen LogP contribution in [0.5, 0.6) is 5.75 Å². The fourth-order valence-corrected chi connectivity index (χ4v) is 4.59. The third-order valence-corrected chi connectivity index (χ3v) is 6.52. The van der Waals surface area contributed by atoms with Crippen molar-refractivity contribution in [1.29, 1.82) is 0 Å². The van der Waals surface area contributed by atoms with Gasteiger partial charge in [-0.2, -0.15) is 0 Å². The minimum Gasteiger partial charge on any atom is -0.494 e. The van der Waals surface area contributed by atoms with Crippen molar-refractivity contribution in [2.45, 2.75) is 40.7 Å². The molecule has 9 nitrogen and oxygen atoms in total. The number of benzene rings is 3. The highest BCUT2D eigenvalue weighted by Crippen LogP contribution is 2.28. The molecule has 0 fully saturated rings. The molecule has 0 N–H and O–H groups in total. The molecule has 3 aromatic carbocycles. The van der Waals surface area contributed by atoms with Crippen LogP contribution in [0.1, 0.15) is 55.5 Å². The van der Waals surface area contributed by atoms with Crippen LogP contribution in [0.15, 0.2) is 71.5 Å². The fraction of sp³-hybridized carbons (Fsp3) is 0.300. The third kappa shape index (κ3) is 5.67. The lowest BCUT2D eigenvalue weighted by atomic mass is 10.1. The number of amides is 1. The molecule has 1 aromatic heterocycles. The van der Waals surface area contributed by atoms with Gasteiger partial charge in [0.2, 0.25) is 0 Å². The van der Waals surface area contributed by atoms with E-state index in [1.165, 1.54) is 10.6 Å². The summed E-state index contributed by atoms with van der Waals surface area (Å²) in [5, 5.41) is 12.0. The quantitative estimate of drug-likeness (QED) is 0.199. The van der Waals surface area contributed by atoms with Gasteiger partial charge in [0.05, 0.1) is 34.2 Å². The van der Waals surface area contributed by atoms with E-state index in [0.717, 1.165) is 0 Å². The molecule has 1 unspecified atom stereocenters. The summed E-state index contributed by atoms with van der Waals surface area (Å²) in [7, 11) is 0. The normalized spacial score (nSPS) is 11.9. The van der Waals surface area contributed by atoms with Gasteiger partial charge in [-0.3, -0.25) is 24.3 Å². The molecule has 4 aromatic rings. The predicted molar refractivity (Wildman–Crippen MR) is 151 cm³/mol. The van der Waals surface area contributed by atoms with Crippen molar-refractivity contribution in [3.05, 3.63) is 104 Å². The number of nitro benzene ring substituents is 1. The third-order valence-electron chi connectivity index (χ3n) is 6.52. The number of rotatable bonds is 9. The summed E-state index contributed by atoms with van der Waals surface area (Å²) in [6.45, 7) is 10.2. The van der Waals surface area contributed by atoms with Crippen molar-refractivity contribution in [3.8, 4) is 11.4 Å². The SMILES string of the molecule is CCOc1ccc(-n2c(C(C)N(CC(C)C)C(=O)c3ccc(C)c([N+](=O)[O-])c3)nc3ccccc3c2=O)cc1. The van der Waals surface area contributed by atoms with Gasteiger partial charge in [0.25, 0.3) is 17.2 Å². The van der Waals surface area contributed by atoms with Gasteiger partial charge in [0, 0.05) is 23.7 Å². The summed E-state index contributed by atoms with van der Waals surface area (Å²) < 4.78 is 7.10. The Kier molecular flexibility index (Phi) is 8.09. The molecule has 202 valence electrons. The number of hydrogen-bond donors (Lipinski definition) is 0. The van der Waals surface area contributed by atoms with Crippen molar-refractivity contribution in [1.82, 2.24) is 14.5 Å². The van der Waals surface area contributed by atoms with Gasteiger partial charge in [-0.15, -0.1) is 0 Å². The van der Waals surface area contributed by atoms with Gasteiger partial charge in [-0.25, -0.2) is 4.98 Å². The number of hydrogen-bond acceptors (Lipinski definition) is 6. The highest BCUT2D eigenvalue weighted by Gasteiger charge is 2.29. The molecule has 0 aliphatic heterocycles. The van der Waals surface area contributed by atoms with Gasteiger partial charge >= 0.3 is 0 Å². The van der Waals surface area contributed by atoms with Crippen LogP contribution < -0.4 is 10.3 Å². The van der Waals surface area contributed by atoms with Gasteiger partial charge in [-0.05, 0) is 69.2 Å². The molecule has 39 heavy (non-hydrogen) atoms. The van der Waals surface area contributed by atoms with E-state index in [0.29, 0.717) is 46.9 Å². The molecule has 0 saturated heterocycles. The van der Waals surface area contributed by atoms with Crippen LogP contribution >= 0.6 is 0 Å². The van der Waals surface area contributed by atoms with Crippen molar-refractivity contribution in [2.75, 3.05) is 13.2 Å². The number of aromatic nitrogens is 2. The molecule has 1 amide bonds. The Bertz CT molecular complexity index is 1580. The molecule has 0 saturated carbocycles. The summed E-state index contributed by atoms with van der Waals surface area (Å²) in [5.74, 6) is 0.775. The van der Waals surface area contributed by atoms with Crippen LogP contribution in [0.2, 0.25) is 0 Å². The van der Waals surface area contributed by atoms with Crippen molar-refractivity contribution < 1.29 is 14.5 Å². The Hall–Kier alpha value is -4.53. The average Bonchev–Trinajstić information content (AvgIpc) is 2.92. The first-order valence-corrected chi connectivity index (χ1v) is 12.9. The first kappa shape index (κ1) is 27.5. The van der Waals surface area contributed by atoms with E-state index in [-0.39, 0.29) is 28.6 Å². The standard InChI is InChI=1S/C30H32N4O5/c1-6-39-24-15-13-23(14-16-24)33-28(31-26-10-8-7-9-25(26)30(33)36)21(5)32(18-19(2)3)29(35)22-12-11-20(4)27(17-22)34(37)38/h7-17,19,21H,6,18H2,1-5H3. The minimum atomic E-state index is -0.635. The number of nitrogens with zero attached hydrogens (tertiary/aromatic N) is 4. The van der Waals surface area contributed by atoms with Gasteiger partial charge in [0.15, 0.2) is 0 Å². The Morgan fingerprint density at radius 3 is 2.41 bits per heavy atom. The van der Waals surface area contributed by atoms with Crippen LogP contribution in [0.25, 0.3) is 16.6 Å². The summed E-state index contributed by atoms with van der Waals surface area (Å²) in [6.07, 6.45) is 0. The second kappa shape index (κ2) is 11.5. The number of fused-ring (bicyclic) bond motifs is 1. The van der Waals surface area contributed by atoms with E-state index in [9.17, 15) is 19.7 Å². The molecule has 0 radical (unpaired) electrons. The number of ether oxygens (including phenoxy) is 1. The second-order valence-electron chi connectivity index (χ2n) is 9.84. The lowest BCUT2D eigenvalue weighted by molar-refractivity contribution is -0.385. The molecule has 0 spiro atoms. The summed E-state index contributed by atoms with van der Waals surface area (Å²) in [5.41, 5.74) is 1.42. The number of aryl methyl sites for hydroxylation is 1. The van der Waals surface area contributed by atoms with Crippen LogP contribution in [0.3, 0.4) is 0 Å². The van der Waals surface area contributed by atoms with E-state index < -0.39 is 11.0 Å². The topological polar surface area (TPSA) is 108 Å². The Balaban J connectivity index is 1.89. The maximum atomic E-state index is 13.9. The zero-order valence-electron chi connectivity index (χ0n) is 22.7. The van der Waals surface area contributed by atoms with E-state index in [2.05, 4.69) is 0 Å². The van der Waals surface area contributed by atoms with E-state index >= 15 is 0 Å². The lowest BCUT2D eigenvalue weighted by Crippen LogP contribution is -2.39. The molecule has 9 heteroatoms. The van der Waals surface area contributed by atoms with Crippen LogP contribution in [-0.4, -0.2) is 38.4 Å². The van der Waals surface area contributed by atoms with E-state index in [1.807, 2.05) is 33.8 Å². The van der Waals surface area contributed by atoms with E-state index in [1.54, 1.807) is 66.4 Å². The fourth-order valence-electron chi connectivity index (χ4n) is 4.59. The van der Waals surface area contributed by atoms with Gasteiger partial charge in [-0.1, -0.05) is 32.0 Å². The van der Waals surface area contributed by atoms with E-state index in [4.69, 9.17) is 9.72 Å². The Labute approximate surface area is 226 Å². The van der Waals surface area contributed by atoms with Crippen molar-refractivity contribution >= 4 is 22.5 Å². The highest BCUT2D eigenvalue weighted by molar-refractivity contribution is 5.95. The predicted octanol–water partition coefficient (Wildman–Crippen LogP) is 5.86. The van der Waals surface area contributed by atoms with Crippen LogP contribution in [-0.2, 0) is 0 Å². The molecule has 0 bridgehead atoms. The average molecular weight is 529 g/mol. The van der Waals surface area contributed by atoms with Gasteiger partial charge < -0.3 is 9.64 Å². The monoisotopic (exact) mass is 528 g/mol. The number of nitro groups is 1. The molecule has 0 aliphatic rings. The zero-order chi connectivity index (χ0) is 28.3. The summed E-state index contributed by atoms with van der Waals surface area (Å²) >= 11 is 0. The van der Waals surface area contributed by atoms with Crippen LogP contribution in [0, 0.1) is 23.0 Å². The number of carbonyl (C=O) groups is 1. The first-order chi connectivity index (χ1) is 18.6. The zero-order valence-corrected chi connectivity index (χ0v) is 22.7. The molecule has 4 rings (SSSR count). The molecule has 1 heterocycles. The maximum Gasteiger partial charge on any atom is 0.273 e. The summed E-state index contributed by atoms with van der Waals surface area (Å²) in [4.78, 5) is 45.2. The number of para-hydroxylation sites is 1. The number of carbonyl (C=O) groups excluding carboxylic acids is 1. The van der Waals surface area contributed by atoms with Crippen LogP contribution in [0.4, 0.5) is 5.69 Å². The van der Waals surface area contributed by atoms with Gasteiger partial charge in [0.1, 0.15) is 11.6 Å². The first-order valence-electron chi connectivity index (χ1n) is 12.9. The largest absolute Gasteiger partial charge is 0.494 e. The van der Waals surface area contributed by atoms with Crippen molar-refractivity contribution in [2.24, 2.45) is 5.92 Å². The molecule has 0 aliphatic carbocycles. The Morgan fingerprint density at radius 1 is 1.08 bits per heavy atom. The summed E-state index contributed by atoms with van der Waals surface area (Å²) in [6, 6.07) is 18.1. The molecule has 1 atom stereocenters. The van der Waals surface area contributed by atoms with Crippen molar-refractivity contribution in [3.63, 3.8) is 0 Å². The Morgan fingerprint density at radius 2 is 1.77 bits per heavy atom. The maximum absolute atomic E-state index is 13.9. The lowest BCUT2D eigenvalue weighted by Gasteiger charge is -2.32. The smallest absolute Gasteiger partial charge is 0.273 e. The molecular weight excluding hydrogens is 496 g/mol.